The summed E-state index contributed by atoms with van der Waals surface area (Å²) in [5, 5.41) is 2.75. The monoisotopic (exact) mass is 477 g/mol. The lowest BCUT2D eigenvalue weighted by Crippen LogP contribution is -2.54. The summed E-state index contributed by atoms with van der Waals surface area (Å²) in [6.07, 6.45) is -1.13. The van der Waals surface area contributed by atoms with Crippen molar-refractivity contribution in [3.63, 3.8) is 0 Å². The van der Waals surface area contributed by atoms with Gasteiger partial charge >= 0.3 is 0 Å². The third-order valence-electron chi connectivity index (χ3n) is 5.91. The minimum absolute atomic E-state index is 0.125. The lowest BCUT2D eigenvalue weighted by molar-refractivity contribution is -0.127. The van der Waals surface area contributed by atoms with Crippen LogP contribution in [-0.2, 0) is 19.6 Å². The second-order valence-electron chi connectivity index (χ2n) is 8.42. The summed E-state index contributed by atoms with van der Waals surface area (Å²) in [7, 11) is -3.97. The Hall–Kier alpha value is -3.85. The molecule has 9 heteroatoms. The molecule has 0 radical (unpaired) electrons. The van der Waals surface area contributed by atoms with Gasteiger partial charge in [0.2, 0.25) is 5.91 Å². The molecule has 1 N–H and O–H groups in total. The molecule has 0 bridgehead atoms. The molecule has 2 heterocycles. The molecule has 174 valence electrons. The van der Waals surface area contributed by atoms with E-state index in [1.165, 1.54) is 9.21 Å². The average Bonchev–Trinajstić information content (AvgIpc) is 2.82. The summed E-state index contributed by atoms with van der Waals surface area (Å²) in [6, 6.07) is 18.7. The van der Waals surface area contributed by atoms with E-state index < -0.39 is 22.0 Å². The van der Waals surface area contributed by atoms with Gasteiger partial charge in [0.1, 0.15) is 12.3 Å². The second-order valence-corrected chi connectivity index (χ2v) is 10.3. The maximum absolute atomic E-state index is 13.6. The number of nitrogens with zero attached hydrogens (tertiary/aromatic N) is 2. The van der Waals surface area contributed by atoms with Gasteiger partial charge in [-0.15, -0.1) is 0 Å². The molecular weight excluding hydrogens is 454 g/mol. The quantitative estimate of drug-likeness (QED) is 0.625. The number of fused-ring (bicyclic) bond motifs is 2. The van der Waals surface area contributed by atoms with E-state index in [1.54, 1.807) is 66.7 Å². The molecule has 0 fully saturated rings. The number of ether oxygens (including phenoxy) is 1. The normalized spacial score (nSPS) is 17.4. The molecule has 3 aromatic carbocycles. The highest BCUT2D eigenvalue weighted by atomic mass is 32.2. The van der Waals surface area contributed by atoms with Crippen molar-refractivity contribution in [3.05, 3.63) is 77.9 Å². The number of benzene rings is 3. The standard InChI is InChI=1S/C25H23N3O5S/c1-16-7-10-18(11-8-16)34(31,32)28-14-23(33-22-13-17(2)9-12-21(22)28)25(30)27-15-24(29)26-19-5-3-4-6-20(19)27/h3-13,23H,14-15H2,1-2H3,(H,26,29)/t23-/m1/s1. The number of nitrogens with one attached hydrogen (secondary N) is 1. The molecule has 2 aliphatic heterocycles. The van der Waals surface area contributed by atoms with Gasteiger partial charge in [-0.1, -0.05) is 35.9 Å². The molecule has 2 aliphatic rings. The fourth-order valence-corrected chi connectivity index (χ4v) is 5.63. The van der Waals surface area contributed by atoms with Crippen LogP contribution in [0.4, 0.5) is 17.1 Å². The molecule has 0 aromatic heterocycles. The minimum atomic E-state index is -3.97. The first-order chi connectivity index (χ1) is 16.2. The van der Waals surface area contributed by atoms with Crippen LogP contribution in [0.1, 0.15) is 11.1 Å². The van der Waals surface area contributed by atoms with Gasteiger partial charge in [0, 0.05) is 0 Å². The highest BCUT2D eigenvalue weighted by molar-refractivity contribution is 7.92. The Morgan fingerprint density at radius 3 is 2.44 bits per heavy atom. The van der Waals surface area contributed by atoms with E-state index in [4.69, 9.17) is 4.74 Å². The molecule has 1 atom stereocenters. The van der Waals surface area contributed by atoms with E-state index in [0.29, 0.717) is 22.8 Å². The van der Waals surface area contributed by atoms with Crippen LogP contribution >= 0.6 is 0 Å². The van der Waals surface area contributed by atoms with Crippen LogP contribution < -0.4 is 19.3 Å². The van der Waals surface area contributed by atoms with Crippen LogP contribution in [0.25, 0.3) is 0 Å². The molecule has 8 nitrogen and oxygen atoms in total. The first-order valence-electron chi connectivity index (χ1n) is 10.8. The predicted molar refractivity (Wildman–Crippen MR) is 129 cm³/mol. The summed E-state index contributed by atoms with van der Waals surface area (Å²) < 4.78 is 34.5. The number of hydrogen-bond acceptors (Lipinski definition) is 5. The first kappa shape index (κ1) is 22.0. The Morgan fingerprint density at radius 1 is 0.971 bits per heavy atom. The SMILES string of the molecule is Cc1ccc(S(=O)(=O)N2C[C@H](C(=O)N3CC(=O)Nc4ccccc43)Oc3cc(C)ccc32)cc1. The summed E-state index contributed by atoms with van der Waals surface area (Å²) >= 11 is 0. The van der Waals surface area contributed by atoms with Crippen LogP contribution in [0.15, 0.2) is 71.6 Å². The van der Waals surface area contributed by atoms with Crippen molar-refractivity contribution in [3.8, 4) is 5.75 Å². The number of hydrogen-bond donors (Lipinski definition) is 1. The van der Waals surface area contributed by atoms with Crippen molar-refractivity contribution < 1.29 is 22.7 Å². The van der Waals surface area contributed by atoms with E-state index in [9.17, 15) is 18.0 Å². The number of rotatable bonds is 3. The van der Waals surface area contributed by atoms with Gasteiger partial charge in [-0.3, -0.25) is 18.8 Å². The number of aryl methyl sites for hydroxylation is 2. The maximum atomic E-state index is 13.6. The molecule has 5 rings (SSSR count). The van der Waals surface area contributed by atoms with Gasteiger partial charge in [-0.25, -0.2) is 8.42 Å². The Morgan fingerprint density at radius 2 is 1.68 bits per heavy atom. The van der Waals surface area contributed by atoms with Gasteiger partial charge in [0.25, 0.3) is 15.9 Å². The molecular formula is C25H23N3O5S. The summed E-state index contributed by atoms with van der Waals surface area (Å²) in [4.78, 5) is 27.3. The number of anilines is 3. The van der Waals surface area contributed by atoms with Crippen molar-refractivity contribution in [2.45, 2.75) is 24.8 Å². The van der Waals surface area contributed by atoms with Crippen molar-refractivity contribution in [1.82, 2.24) is 0 Å². The van der Waals surface area contributed by atoms with E-state index in [2.05, 4.69) is 5.32 Å². The summed E-state index contributed by atoms with van der Waals surface area (Å²) in [5.74, 6) is -0.517. The van der Waals surface area contributed by atoms with Crippen molar-refractivity contribution in [1.29, 1.82) is 0 Å². The van der Waals surface area contributed by atoms with Crippen molar-refractivity contribution in [2.75, 3.05) is 27.6 Å². The van der Waals surface area contributed by atoms with Crippen LogP contribution in [0, 0.1) is 13.8 Å². The molecule has 0 aliphatic carbocycles. The maximum Gasteiger partial charge on any atom is 0.270 e. The fourth-order valence-electron chi connectivity index (χ4n) is 4.16. The van der Waals surface area contributed by atoms with E-state index in [0.717, 1.165) is 11.1 Å². The van der Waals surface area contributed by atoms with Gasteiger partial charge in [0.05, 0.1) is 28.5 Å². The molecule has 34 heavy (non-hydrogen) atoms. The number of sulfonamides is 1. The second kappa shape index (κ2) is 8.18. The molecule has 0 saturated carbocycles. The lowest BCUT2D eigenvalue weighted by Gasteiger charge is -2.38. The lowest BCUT2D eigenvalue weighted by atomic mass is 10.1. The highest BCUT2D eigenvalue weighted by Crippen LogP contribution is 2.39. The smallest absolute Gasteiger partial charge is 0.270 e. The van der Waals surface area contributed by atoms with Gasteiger partial charge in [-0.05, 0) is 55.8 Å². The third kappa shape index (κ3) is 3.77. The van der Waals surface area contributed by atoms with Crippen molar-refractivity contribution >= 4 is 38.9 Å². The van der Waals surface area contributed by atoms with Crippen LogP contribution in [0.5, 0.6) is 5.75 Å². The number of amides is 2. The number of para-hydroxylation sites is 2. The Balaban J connectivity index is 1.55. The fraction of sp³-hybridized carbons (Fsp3) is 0.200. The van der Waals surface area contributed by atoms with Gasteiger partial charge in [-0.2, -0.15) is 0 Å². The van der Waals surface area contributed by atoms with E-state index in [1.807, 2.05) is 13.8 Å². The van der Waals surface area contributed by atoms with Gasteiger partial charge < -0.3 is 10.1 Å². The molecule has 3 aromatic rings. The Bertz CT molecular complexity index is 1400. The molecule has 2 amide bonds. The van der Waals surface area contributed by atoms with Crippen LogP contribution in [0.2, 0.25) is 0 Å². The highest BCUT2D eigenvalue weighted by Gasteiger charge is 2.41. The first-order valence-corrected chi connectivity index (χ1v) is 12.2. The Labute approximate surface area is 197 Å². The predicted octanol–water partition coefficient (Wildman–Crippen LogP) is 3.25. The zero-order valence-corrected chi connectivity index (χ0v) is 19.5. The molecule has 0 unspecified atom stereocenters. The number of carbonyl (C=O) groups excluding carboxylic acids is 2. The molecule has 0 saturated heterocycles. The van der Waals surface area contributed by atoms with E-state index >= 15 is 0 Å². The zero-order chi connectivity index (χ0) is 24.0. The summed E-state index contributed by atoms with van der Waals surface area (Å²) in [5.41, 5.74) is 3.23. The van der Waals surface area contributed by atoms with Gasteiger partial charge in [0.15, 0.2) is 6.10 Å². The minimum Gasteiger partial charge on any atom is -0.476 e. The Kier molecular flexibility index (Phi) is 5.28. The topological polar surface area (TPSA) is 96.0 Å². The zero-order valence-electron chi connectivity index (χ0n) is 18.7. The largest absolute Gasteiger partial charge is 0.476 e. The summed E-state index contributed by atoms with van der Waals surface area (Å²) in [6.45, 7) is 3.34. The average molecular weight is 478 g/mol. The number of carbonyl (C=O) groups is 2. The van der Waals surface area contributed by atoms with Crippen LogP contribution in [-0.4, -0.2) is 39.4 Å². The van der Waals surface area contributed by atoms with Crippen LogP contribution in [0.3, 0.4) is 0 Å². The van der Waals surface area contributed by atoms with E-state index in [-0.39, 0.29) is 23.9 Å². The third-order valence-corrected chi connectivity index (χ3v) is 7.70. The molecule has 0 spiro atoms. The van der Waals surface area contributed by atoms with Crippen molar-refractivity contribution in [2.24, 2.45) is 0 Å².